The van der Waals surface area contributed by atoms with Gasteiger partial charge in [-0.1, -0.05) is 106 Å². The van der Waals surface area contributed by atoms with Crippen molar-refractivity contribution in [3.05, 3.63) is 163 Å². The molecule has 4 heterocycles. The third-order valence-electron chi connectivity index (χ3n) is 12.2. The van der Waals surface area contributed by atoms with E-state index in [1.165, 1.54) is 50.3 Å². The Bertz CT molecular complexity index is 2710. The monoisotopic (exact) mass is 772 g/mol. The first-order valence-electron chi connectivity index (χ1n) is 20.7. The number of nitrogens with zero attached hydrogens (tertiary/aromatic N) is 2. The molecule has 7 aromatic rings. The van der Waals surface area contributed by atoms with Gasteiger partial charge in [-0.05, 0) is 136 Å². The van der Waals surface area contributed by atoms with Crippen molar-refractivity contribution >= 4 is 57.2 Å². The highest BCUT2D eigenvalue weighted by atomic mass is 16.8. The molecule has 0 spiro atoms. The van der Waals surface area contributed by atoms with Gasteiger partial charge in [0.15, 0.2) is 0 Å². The zero-order valence-electron chi connectivity index (χ0n) is 33.9. The molecule has 2 saturated heterocycles. The Morgan fingerprint density at radius 2 is 0.932 bits per heavy atom. The summed E-state index contributed by atoms with van der Waals surface area (Å²) in [4.78, 5) is 4.97. The molecule has 2 fully saturated rings. The molecule has 11 rings (SSSR count). The smallest absolute Gasteiger partial charge is 0.252 e. The quantitative estimate of drug-likeness (QED) is 0.113. The van der Waals surface area contributed by atoms with Crippen LogP contribution in [-0.2, 0) is 14.9 Å². The van der Waals surface area contributed by atoms with Gasteiger partial charge in [0.25, 0.3) is 6.71 Å². The van der Waals surface area contributed by atoms with Crippen LogP contribution in [0.3, 0.4) is 0 Å². The number of fused-ring (bicyclic) bond motifs is 4. The number of hydrogen-bond donors (Lipinski definition) is 0. The van der Waals surface area contributed by atoms with E-state index < -0.39 is 0 Å². The van der Waals surface area contributed by atoms with Crippen molar-refractivity contribution in [2.75, 3.05) is 9.80 Å². The lowest BCUT2D eigenvalue weighted by Crippen LogP contribution is -2.61. The summed E-state index contributed by atoms with van der Waals surface area (Å²) in [7, 11) is 0. The van der Waals surface area contributed by atoms with Crippen LogP contribution in [0.5, 0.6) is 11.5 Å². The number of hydrogen-bond acceptors (Lipinski definition) is 6. The van der Waals surface area contributed by atoms with Gasteiger partial charge in [-0.25, -0.2) is 0 Å². The van der Waals surface area contributed by atoms with Crippen molar-refractivity contribution in [2.45, 2.75) is 64.8 Å². The van der Waals surface area contributed by atoms with Crippen LogP contribution in [0, 0.1) is 0 Å². The second-order valence-electron chi connectivity index (χ2n) is 17.2. The molecule has 0 aliphatic carbocycles. The number of ether oxygens (including phenoxy) is 4. The summed E-state index contributed by atoms with van der Waals surface area (Å²) >= 11 is 0. The zero-order valence-corrected chi connectivity index (χ0v) is 33.9. The van der Waals surface area contributed by atoms with E-state index >= 15 is 0 Å². The van der Waals surface area contributed by atoms with E-state index in [4.69, 9.17) is 18.9 Å². The highest BCUT2D eigenvalue weighted by molar-refractivity contribution is 7.00. The van der Waals surface area contributed by atoms with Crippen LogP contribution in [0.25, 0.3) is 22.3 Å². The van der Waals surface area contributed by atoms with E-state index in [1.54, 1.807) is 0 Å². The Hall–Kier alpha value is -6.28. The molecule has 0 radical (unpaired) electrons. The molecule has 4 aliphatic heterocycles. The third-order valence-corrected chi connectivity index (χ3v) is 12.2. The van der Waals surface area contributed by atoms with Gasteiger partial charge in [0, 0.05) is 34.1 Å². The number of rotatable bonds is 8. The fourth-order valence-corrected chi connectivity index (χ4v) is 8.80. The average Bonchev–Trinajstić information content (AvgIpc) is 4.17. The molecular weight excluding hydrogens is 727 g/mol. The normalized spacial score (nSPS) is 19.7. The molecule has 0 saturated carbocycles. The zero-order chi connectivity index (χ0) is 40.0. The summed E-state index contributed by atoms with van der Waals surface area (Å²) < 4.78 is 22.9. The highest BCUT2D eigenvalue weighted by Crippen LogP contribution is 2.46. The topological polar surface area (TPSA) is 50.0 Å². The summed E-state index contributed by atoms with van der Waals surface area (Å²) in [5.41, 5.74) is 16.7. The van der Waals surface area contributed by atoms with E-state index in [-0.39, 0.29) is 36.9 Å². The van der Waals surface area contributed by atoms with Gasteiger partial charge in [0.05, 0.1) is 0 Å². The Morgan fingerprint density at radius 3 is 1.47 bits per heavy atom. The minimum Gasteiger partial charge on any atom is -0.462 e. The van der Waals surface area contributed by atoms with Crippen molar-refractivity contribution in [3.8, 4) is 33.8 Å². The average molecular weight is 773 g/mol. The van der Waals surface area contributed by atoms with Crippen LogP contribution >= 0.6 is 0 Å². The molecule has 0 amide bonds. The van der Waals surface area contributed by atoms with Crippen LogP contribution in [0.2, 0.25) is 0 Å². The molecule has 4 atom stereocenters. The van der Waals surface area contributed by atoms with Crippen LogP contribution in [0.15, 0.2) is 158 Å². The molecule has 4 aliphatic rings. The van der Waals surface area contributed by atoms with Crippen LogP contribution in [-0.4, -0.2) is 31.5 Å². The summed E-state index contributed by atoms with van der Waals surface area (Å²) in [6, 6.07) is 57.4. The van der Waals surface area contributed by atoms with Crippen molar-refractivity contribution < 1.29 is 18.9 Å². The molecule has 7 heteroatoms. The van der Waals surface area contributed by atoms with E-state index in [0.29, 0.717) is 0 Å². The van der Waals surface area contributed by atoms with Crippen molar-refractivity contribution in [1.29, 1.82) is 0 Å². The van der Waals surface area contributed by atoms with E-state index in [2.05, 4.69) is 164 Å². The van der Waals surface area contributed by atoms with Crippen LogP contribution in [0.1, 0.15) is 40.2 Å². The molecule has 59 heavy (non-hydrogen) atoms. The molecule has 0 N–H and O–H groups in total. The predicted molar refractivity (Wildman–Crippen MR) is 240 cm³/mol. The third kappa shape index (κ3) is 6.37. The summed E-state index contributed by atoms with van der Waals surface area (Å²) in [6.07, 6.45) is -0.0131. The van der Waals surface area contributed by atoms with Crippen LogP contribution in [0.4, 0.5) is 34.1 Å². The largest absolute Gasteiger partial charge is 0.462 e. The second kappa shape index (κ2) is 13.7. The maximum Gasteiger partial charge on any atom is 0.252 e. The molecular formula is C52H45BN2O4. The first-order chi connectivity index (χ1) is 28.7. The molecule has 290 valence electrons. The van der Waals surface area contributed by atoms with Gasteiger partial charge in [0.1, 0.15) is 23.7 Å². The first-order valence-corrected chi connectivity index (χ1v) is 20.7. The fraction of sp³-hybridized carbons (Fsp3) is 0.192. The van der Waals surface area contributed by atoms with Crippen molar-refractivity contribution in [1.82, 2.24) is 0 Å². The van der Waals surface area contributed by atoms with Gasteiger partial charge >= 0.3 is 0 Å². The Kier molecular flexibility index (Phi) is 8.30. The SMILES string of the molecule is CC1OC1Oc1ccc(-c2ccc(N3c4ccccc4B4c5cc(-c6ccc(OC7OC7C)cc6)ccc5N(c5ccccc5)c5cc(C(C)(C)C)cc3c54)cc2)cc1. The van der Waals surface area contributed by atoms with Gasteiger partial charge in [-0.2, -0.15) is 0 Å². The maximum atomic E-state index is 6.00. The Balaban J connectivity index is 1.06. The molecule has 0 bridgehead atoms. The molecule has 7 aromatic carbocycles. The maximum absolute atomic E-state index is 6.00. The number of anilines is 6. The first kappa shape index (κ1) is 35.9. The van der Waals surface area contributed by atoms with Gasteiger partial charge in [-0.15, -0.1) is 0 Å². The van der Waals surface area contributed by atoms with Gasteiger partial charge < -0.3 is 28.7 Å². The lowest BCUT2D eigenvalue weighted by molar-refractivity contribution is 0.178. The van der Waals surface area contributed by atoms with Gasteiger partial charge in [-0.3, -0.25) is 0 Å². The number of para-hydroxylation sites is 2. The molecule has 6 nitrogen and oxygen atoms in total. The predicted octanol–water partition coefficient (Wildman–Crippen LogP) is 10.6. The lowest BCUT2D eigenvalue weighted by Gasteiger charge is -2.45. The minimum absolute atomic E-state index is 0.0107. The summed E-state index contributed by atoms with van der Waals surface area (Å²) in [5, 5.41) is 0. The van der Waals surface area contributed by atoms with E-state index in [9.17, 15) is 0 Å². The highest BCUT2D eigenvalue weighted by Gasteiger charge is 2.44. The molecule has 0 aromatic heterocycles. The number of benzene rings is 7. The standard InChI is InChI=1S/C52H45BN2O4/c1-32-50(56-32)58-41-24-17-35(18-25-41)34-15-22-40(23-16-34)55-45-14-10-9-13-43(45)53-44-29-37(36-19-26-42(27-20-36)59-51-33(2)57-51)21-28-46(44)54(39-11-7-6-8-12-39)47-30-38(52(3,4)5)31-48(55)49(47)53/h6-33,50-51H,1-5H3. The van der Waals surface area contributed by atoms with Crippen LogP contribution < -0.4 is 35.7 Å². The Morgan fingerprint density at radius 1 is 0.475 bits per heavy atom. The van der Waals surface area contributed by atoms with Crippen molar-refractivity contribution in [3.63, 3.8) is 0 Å². The fourth-order valence-electron chi connectivity index (χ4n) is 8.80. The number of epoxide rings is 2. The van der Waals surface area contributed by atoms with E-state index in [0.717, 1.165) is 39.6 Å². The molecule has 4 unspecified atom stereocenters. The second-order valence-corrected chi connectivity index (χ2v) is 17.2. The van der Waals surface area contributed by atoms with Crippen molar-refractivity contribution in [2.24, 2.45) is 0 Å². The summed E-state index contributed by atoms with van der Waals surface area (Å²) in [6.45, 7) is 11.0. The minimum atomic E-state index is -0.157. The lowest BCUT2D eigenvalue weighted by atomic mass is 9.33. The summed E-state index contributed by atoms with van der Waals surface area (Å²) in [5.74, 6) is 1.64. The van der Waals surface area contributed by atoms with E-state index in [1.807, 2.05) is 38.1 Å². The van der Waals surface area contributed by atoms with Gasteiger partial charge in [0.2, 0.25) is 12.6 Å². The Labute approximate surface area is 346 Å².